The molecule has 1 saturated heterocycles. The van der Waals surface area contributed by atoms with Gasteiger partial charge in [0.15, 0.2) is 0 Å². The molecule has 0 spiro atoms. The van der Waals surface area contributed by atoms with Crippen LogP contribution >= 0.6 is 0 Å². The Morgan fingerprint density at radius 3 is 2.28 bits per heavy atom. The van der Waals surface area contributed by atoms with E-state index in [-0.39, 0.29) is 5.69 Å². The molecule has 0 aromatic carbocycles. The Morgan fingerprint density at radius 1 is 1.16 bits per heavy atom. The van der Waals surface area contributed by atoms with E-state index in [0.717, 1.165) is 6.20 Å². The van der Waals surface area contributed by atoms with Gasteiger partial charge in [-0.25, -0.2) is 4.79 Å². The predicted molar refractivity (Wildman–Crippen MR) is 86.8 cm³/mol. The molecule has 6 nitrogen and oxygen atoms in total. The van der Waals surface area contributed by atoms with Gasteiger partial charge in [0.05, 0.1) is 0 Å². The van der Waals surface area contributed by atoms with Gasteiger partial charge in [-0.15, -0.1) is 0 Å². The Bertz CT molecular complexity index is 672. The highest BCUT2D eigenvalue weighted by molar-refractivity contribution is 5.68. The van der Waals surface area contributed by atoms with Gasteiger partial charge in [0.2, 0.25) is 0 Å². The number of hydrogen-bond donors (Lipinski definition) is 0. The van der Waals surface area contributed by atoms with Crippen molar-refractivity contribution < 1.29 is 22.7 Å². The van der Waals surface area contributed by atoms with Gasteiger partial charge in [0.25, 0.3) is 5.56 Å². The van der Waals surface area contributed by atoms with Crippen LogP contribution in [-0.4, -0.2) is 53.5 Å². The molecule has 0 bridgehead atoms. The first-order valence-corrected chi connectivity index (χ1v) is 7.95. The number of amides is 1. The summed E-state index contributed by atoms with van der Waals surface area (Å²) in [6, 6.07) is 2.92. The zero-order valence-electron chi connectivity index (χ0n) is 14.5. The normalized spacial score (nSPS) is 16.1. The Kier molecular flexibility index (Phi) is 5.34. The van der Waals surface area contributed by atoms with Crippen LogP contribution < -0.4 is 10.5 Å². The molecule has 0 aliphatic carbocycles. The zero-order chi connectivity index (χ0) is 18.8. The summed E-state index contributed by atoms with van der Waals surface area (Å²) in [6.45, 7) is 5.37. The minimum absolute atomic E-state index is 0.204. The molecule has 1 aliphatic rings. The van der Waals surface area contributed by atoms with E-state index in [1.54, 1.807) is 25.7 Å². The van der Waals surface area contributed by atoms with Crippen molar-refractivity contribution >= 4 is 11.8 Å². The van der Waals surface area contributed by atoms with Gasteiger partial charge in [-0.2, -0.15) is 13.2 Å². The average Bonchev–Trinajstić information content (AvgIpc) is 2.46. The lowest BCUT2D eigenvalue weighted by Gasteiger charge is -2.36. The smallest absolute Gasteiger partial charge is 0.410 e. The third-order valence-electron chi connectivity index (χ3n) is 3.62. The first-order chi connectivity index (χ1) is 11.5. The minimum Gasteiger partial charge on any atom is -0.444 e. The second-order valence-electron chi connectivity index (χ2n) is 6.90. The lowest BCUT2D eigenvalue weighted by atomic mass is 10.2. The predicted octanol–water partition coefficient (Wildman–Crippen LogP) is 2.47. The number of rotatable bonds is 2. The molecule has 1 amide bonds. The van der Waals surface area contributed by atoms with E-state index in [9.17, 15) is 22.8 Å². The lowest BCUT2D eigenvalue weighted by molar-refractivity contribution is -0.141. The van der Waals surface area contributed by atoms with Gasteiger partial charge in [-0.3, -0.25) is 4.79 Å². The number of halogens is 3. The maximum atomic E-state index is 12.5. The maximum absolute atomic E-state index is 12.5. The van der Waals surface area contributed by atoms with Crippen molar-refractivity contribution in [1.82, 2.24) is 9.47 Å². The van der Waals surface area contributed by atoms with E-state index in [2.05, 4.69) is 0 Å². The highest BCUT2D eigenvalue weighted by atomic mass is 19.4. The Morgan fingerprint density at radius 2 is 1.76 bits per heavy atom. The van der Waals surface area contributed by atoms with Crippen molar-refractivity contribution in [3.63, 3.8) is 0 Å². The standard InChI is InChI=1S/C16H22F3N3O3/c1-15(2,3)25-14(24)21-9-7-20(8-10-21)12-5-4-6-22(13(12)23)11-16(17,18)19/h4-6H,7-11H2,1-3H3. The van der Waals surface area contributed by atoms with E-state index < -0.39 is 30.0 Å². The number of alkyl halides is 3. The fourth-order valence-corrected chi connectivity index (χ4v) is 2.54. The van der Waals surface area contributed by atoms with Crippen LogP contribution in [-0.2, 0) is 11.3 Å². The lowest BCUT2D eigenvalue weighted by Crippen LogP contribution is -2.51. The molecular formula is C16H22F3N3O3. The minimum atomic E-state index is -4.46. The molecule has 0 N–H and O–H groups in total. The fourth-order valence-electron chi connectivity index (χ4n) is 2.54. The molecule has 0 saturated carbocycles. The van der Waals surface area contributed by atoms with E-state index in [1.165, 1.54) is 17.0 Å². The van der Waals surface area contributed by atoms with E-state index in [4.69, 9.17) is 4.74 Å². The van der Waals surface area contributed by atoms with Crippen LogP contribution in [0, 0.1) is 0 Å². The van der Waals surface area contributed by atoms with Crippen molar-refractivity contribution in [2.24, 2.45) is 0 Å². The Hall–Kier alpha value is -2.19. The zero-order valence-corrected chi connectivity index (χ0v) is 14.5. The molecule has 1 aromatic rings. The van der Waals surface area contributed by atoms with Crippen molar-refractivity contribution in [2.75, 3.05) is 31.1 Å². The summed E-state index contributed by atoms with van der Waals surface area (Å²) in [5, 5.41) is 0. The van der Waals surface area contributed by atoms with E-state index in [0.29, 0.717) is 30.7 Å². The third kappa shape index (κ3) is 5.40. The van der Waals surface area contributed by atoms with Gasteiger partial charge in [-0.1, -0.05) is 0 Å². The van der Waals surface area contributed by atoms with Crippen LogP contribution in [0.2, 0.25) is 0 Å². The number of hydrogen-bond acceptors (Lipinski definition) is 4. The topological polar surface area (TPSA) is 54.8 Å². The maximum Gasteiger partial charge on any atom is 0.410 e. The molecule has 1 aromatic heterocycles. The molecule has 0 atom stereocenters. The number of pyridine rings is 1. The van der Waals surface area contributed by atoms with Crippen molar-refractivity contribution in [3.8, 4) is 0 Å². The number of aromatic nitrogens is 1. The number of carbonyl (C=O) groups excluding carboxylic acids is 1. The van der Waals surface area contributed by atoms with Crippen molar-refractivity contribution in [3.05, 3.63) is 28.7 Å². The molecule has 25 heavy (non-hydrogen) atoms. The van der Waals surface area contributed by atoms with Crippen LogP contribution in [0.3, 0.4) is 0 Å². The van der Waals surface area contributed by atoms with Gasteiger partial charge in [-0.05, 0) is 32.9 Å². The SMILES string of the molecule is CC(C)(C)OC(=O)N1CCN(c2cccn(CC(F)(F)F)c2=O)CC1. The average molecular weight is 361 g/mol. The van der Waals surface area contributed by atoms with Gasteiger partial charge in [0.1, 0.15) is 17.8 Å². The van der Waals surface area contributed by atoms with Crippen LogP contribution in [0.15, 0.2) is 23.1 Å². The van der Waals surface area contributed by atoms with Crippen LogP contribution in [0.1, 0.15) is 20.8 Å². The molecular weight excluding hydrogens is 339 g/mol. The highest BCUT2D eigenvalue weighted by Crippen LogP contribution is 2.18. The van der Waals surface area contributed by atoms with Crippen LogP contribution in [0.4, 0.5) is 23.7 Å². The van der Waals surface area contributed by atoms with Crippen molar-refractivity contribution in [2.45, 2.75) is 39.1 Å². The Balaban J connectivity index is 2.05. The van der Waals surface area contributed by atoms with Gasteiger partial charge >= 0.3 is 12.3 Å². The highest BCUT2D eigenvalue weighted by Gasteiger charge is 2.30. The van der Waals surface area contributed by atoms with Crippen LogP contribution in [0.25, 0.3) is 0 Å². The largest absolute Gasteiger partial charge is 0.444 e. The summed E-state index contributed by atoms with van der Waals surface area (Å²) in [5.74, 6) is 0. The van der Waals surface area contributed by atoms with Gasteiger partial charge in [0, 0.05) is 32.4 Å². The monoisotopic (exact) mass is 361 g/mol. The summed E-state index contributed by atoms with van der Waals surface area (Å²) in [6.07, 6.45) is -3.77. The van der Waals surface area contributed by atoms with E-state index >= 15 is 0 Å². The van der Waals surface area contributed by atoms with Crippen molar-refractivity contribution in [1.29, 1.82) is 0 Å². The molecule has 2 rings (SSSR count). The number of anilines is 1. The quantitative estimate of drug-likeness (QED) is 0.812. The second kappa shape index (κ2) is 6.97. The van der Waals surface area contributed by atoms with E-state index in [1.807, 2.05) is 0 Å². The molecule has 0 unspecified atom stereocenters. The summed E-state index contributed by atoms with van der Waals surface area (Å²) in [7, 11) is 0. The first-order valence-electron chi connectivity index (χ1n) is 7.95. The number of carbonyl (C=O) groups is 1. The summed E-state index contributed by atoms with van der Waals surface area (Å²) < 4.78 is 43.6. The number of ether oxygens (including phenoxy) is 1. The molecule has 1 fully saturated rings. The summed E-state index contributed by atoms with van der Waals surface area (Å²) >= 11 is 0. The number of piperazine rings is 1. The molecule has 2 heterocycles. The molecule has 1 aliphatic heterocycles. The summed E-state index contributed by atoms with van der Waals surface area (Å²) in [5.41, 5.74) is -1.08. The number of nitrogens with zero attached hydrogens (tertiary/aromatic N) is 3. The van der Waals surface area contributed by atoms with Crippen LogP contribution in [0.5, 0.6) is 0 Å². The second-order valence-corrected chi connectivity index (χ2v) is 6.90. The first kappa shape index (κ1) is 19.1. The summed E-state index contributed by atoms with van der Waals surface area (Å²) in [4.78, 5) is 27.5. The van der Waals surface area contributed by atoms with Gasteiger partial charge < -0.3 is 19.1 Å². The molecule has 140 valence electrons. The molecule has 9 heteroatoms. The fraction of sp³-hybridized carbons (Fsp3) is 0.625. The third-order valence-corrected chi connectivity index (χ3v) is 3.62. The Labute approximate surface area is 143 Å². The molecule has 0 radical (unpaired) electrons.